The van der Waals surface area contributed by atoms with E-state index in [1.54, 1.807) is 0 Å². The van der Waals surface area contributed by atoms with Crippen molar-refractivity contribution >= 4 is 5.91 Å². The molecule has 0 fully saturated rings. The number of amides is 1. The molecule has 8 heteroatoms. The molecule has 1 amide bonds. The first kappa shape index (κ1) is 23.0. The first-order chi connectivity index (χ1) is 16.5. The van der Waals surface area contributed by atoms with E-state index in [1.807, 2.05) is 79.2 Å². The van der Waals surface area contributed by atoms with E-state index in [0.717, 1.165) is 22.6 Å². The summed E-state index contributed by atoms with van der Waals surface area (Å²) in [5.74, 6) is 0.393. The van der Waals surface area contributed by atoms with Gasteiger partial charge in [-0.1, -0.05) is 30.3 Å². The molecule has 0 bridgehead atoms. The average molecular weight is 458 g/mol. The van der Waals surface area contributed by atoms with Crippen LogP contribution in [-0.2, 0) is 13.0 Å². The highest BCUT2D eigenvalue weighted by Gasteiger charge is 2.10. The van der Waals surface area contributed by atoms with Crippen molar-refractivity contribution in [2.75, 3.05) is 13.2 Å². The molecule has 8 nitrogen and oxygen atoms in total. The van der Waals surface area contributed by atoms with Crippen molar-refractivity contribution in [2.45, 2.75) is 26.8 Å². The fourth-order valence-electron chi connectivity index (χ4n) is 3.60. The number of aryl methyl sites for hydroxylation is 2. The molecule has 0 spiro atoms. The van der Waals surface area contributed by atoms with Crippen LogP contribution < -0.4 is 15.6 Å². The van der Waals surface area contributed by atoms with Crippen molar-refractivity contribution in [3.63, 3.8) is 0 Å². The number of hydrogen-bond acceptors (Lipinski definition) is 5. The van der Waals surface area contributed by atoms with Gasteiger partial charge in [-0.15, -0.1) is 0 Å². The number of nitrogens with zero attached hydrogens (tertiary/aromatic N) is 4. The van der Waals surface area contributed by atoms with Gasteiger partial charge in [-0.2, -0.15) is 10.2 Å². The molecule has 0 aliphatic rings. The van der Waals surface area contributed by atoms with Gasteiger partial charge >= 0.3 is 0 Å². The Bertz CT molecular complexity index is 1310. The van der Waals surface area contributed by atoms with Gasteiger partial charge in [0.15, 0.2) is 0 Å². The number of hydrogen-bond donors (Lipinski definition) is 1. The minimum absolute atomic E-state index is 0.194. The molecular formula is C26H27N5O3. The lowest BCUT2D eigenvalue weighted by Crippen LogP contribution is -2.31. The van der Waals surface area contributed by atoms with Gasteiger partial charge in [0.05, 0.1) is 17.9 Å². The highest BCUT2D eigenvalue weighted by molar-refractivity contribution is 5.91. The van der Waals surface area contributed by atoms with Crippen molar-refractivity contribution in [1.82, 2.24) is 24.9 Å². The first-order valence-corrected chi connectivity index (χ1v) is 11.2. The minimum atomic E-state index is -0.322. The number of ether oxygens (including phenoxy) is 1. The Morgan fingerprint density at radius 2 is 1.74 bits per heavy atom. The summed E-state index contributed by atoms with van der Waals surface area (Å²) in [4.78, 5) is 24.6. The largest absolute Gasteiger partial charge is 0.492 e. The lowest BCUT2D eigenvalue weighted by Gasteiger charge is -2.10. The molecule has 0 atom stereocenters. The van der Waals surface area contributed by atoms with E-state index in [4.69, 9.17) is 4.74 Å². The monoisotopic (exact) mass is 457 g/mol. The topological polar surface area (TPSA) is 91.0 Å². The van der Waals surface area contributed by atoms with Gasteiger partial charge in [-0.3, -0.25) is 9.59 Å². The summed E-state index contributed by atoms with van der Waals surface area (Å²) in [5.41, 5.74) is 4.07. The molecule has 0 aliphatic carbocycles. The normalized spacial score (nSPS) is 10.8. The number of carbonyl (C=O) groups is 1. The number of aromatic nitrogens is 4. The molecule has 174 valence electrons. The Balaban J connectivity index is 1.29. The summed E-state index contributed by atoms with van der Waals surface area (Å²) < 4.78 is 8.77. The number of benzene rings is 2. The Labute approximate surface area is 197 Å². The summed E-state index contributed by atoms with van der Waals surface area (Å²) in [5, 5.41) is 11.6. The van der Waals surface area contributed by atoms with Crippen molar-refractivity contribution in [3.8, 4) is 11.4 Å². The molecule has 0 aliphatic heterocycles. The Morgan fingerprint density at radius 1 is 0.971 bits per heavy atom. The summed E-state index contributed by atoms with van der Waals surface area (Å²) in [6, 6.07) is 22.3. The second kappa shape index (κ2) is 10.6. The molecule has 0 unspecified atom stereocenters. The van der Waals surface area contributed by atoms with Gasteiger partial charge < -0.3 is 10.1 Å². The molecule has 0 saturated carbocycles. The Morgan fingerprint density at radius 3 is 2.44 bits per heavy atom. The van der Waals surface area contributed by atoms with Crippen LogP contribution in [0, 0.1) is 13.8 Å². The summed E-state index contributed by atoms with van der Waals surface area (Å²) in [6.07, 6.45) is 0.674. The zero-order chi connectivity index (χ0) is 23.9. The maximum absolute atomic E-state index is 12.5. The number of nitrogens with one attached hydrogen (secondary N) is 1. The molecule has 4 aromatic rings. The second-order valence-electron chi connectivity index (χ2n) is 7.95. The van der Waals surface area contributed by atoms with Crippen LogP contribution in [0.4, 0.5) is 0 Å². The quantitative estimate of drug-likeness (QED) is 0.417. The number of para-hydroxylation sites is 1. The predicted molar refractivity (Wildman–Crippen MR) is 130 cm³/mol. The van der Waals surface area contributed by atoms with Crippen molar-refractivity contribution in [2.24, 2.45) is 0 Å². The van der Waals surface area contributed by atoms with E-state index >= 15 is 0 Å². The molecule has 2 aromatic carbocycles. The Kier molecular flexibility index (Phi) is 7.17. The van der Waals surface area contributed by atoms with Crippen LogP contribution in [0.25, 0.3) is 5.69 Å². The van der Waals surface area contributed by atoms with E-state index in [1.165, 1.54) is 16.8 Å². The fraction of sp³-hybridized carbons (Fsp3) is 0.231. The predicted octanol–water partition coefficient (Wildman–Crippen LogP) is 3.10. The van der Waals surface area contributed by atoms with E-state index < -0.39 is 0 Å². The third-order valence-electron chi connectivity index (χ3n) is 5.30. The van der Waals surface area contributed by atoms with E-state index in [9.17, 15) is 9.59 Å². The van der Waals surface area contributed by atoms with Gasteiger partial charge in [0, 0.05) is 18.3 Å². The van der Waals surface area contributed by atoms with Crippen LogP contribution in [0.5, 0.6) is 5.75 Å². The lowest BCUT2D eigenvalue weighted by atomic mass is 10.1. The lowest BCUT2D eigenvalue weighted by molar-refractivity contribution is 0.0946. The molecule has 2 heterocycles. The van der Waals surface area contributed by atoms with Crippen molar-refractivity contribution < 1.29 is 9.53 Å². The standard InChI is InChI=1S/C26H27N5O3/c1-19-18-20(2)31(28-19)22-10-8-21(9-11-22)14-15-27-26(33)24-12-13-25(32)30(29-24)16-17-34-23-6-4-3-5-7-23/h3-13,18H,14-17H2,1-2H3,(H,27,33). The van der Waals surface area contributed by atoms with E-state index in [0.29, 0.717) is 18.7 Å². The van der Waals surface area contributed by atoms with Gasteiger partial charge in [0.25, 0.3) is 11.5 Å². The SMILES string of the molecule is Cc1cc(C)n(-c2ccc(CCNC(=O)c3ccc(=O)n(CCOc4ccccc4)n3)cc2)n1. The first-order valence-electron chi connectivity index (χ1n) is 11.2. The molecule has 0 saturated heterocycles. The van der Waals surface area contributed by atoms with Crippen LogP contribution in [0.2, 0.25) is 0 Å². The fourth-order valence-corrected chi connectivity index (χ4v) is 3.60. The Hall–Kier alpha value is -4.20. The number of carbonyl (C=O) groups excluding carboxylic acids is 1. The van der Waals surface area contributed by atoms with Gasteiger partial charge in [-0.05, 0) is 62.2 Å². The van der Waals surface area contributed by atoms with E-state index in [2.05, 4.69) is 15.5 Å². The maximum atomic E-state index is 12.5. The van der Waals surface area contributed by atoms with Gasteiger partial charge in [0.1, 0.15) is 18.1 Å². The third kappa shape index (κ3) is 5.78. The van der Waals surface area contributed by atoms with Gasteiger partial charge in [0.2, 0.25) is 0 Å². The molecule has 2 aromatic heterocycles. The third-order valence-corrected chi connectivity index (χ3v) is 5.30. The highest BCUT2D eigenvalue weighted by atomic mass is 16.5. The summed E-state index contributed by atoms with van der Waals surface area (Å²) in [6.45, 7) is 4.97. The smallest absolute Gasteiger partial charge is 0.271 e. The highest BCUT2D eigenvalue weighted by Crippen LogP contribution is 2.13. The molecule has 0 radical (unpaired) electrons. The van der Waals surface area contributed by atoms with Crippen LogP contribution in [0.3, 0.4) is 0 Å². The maximum Gasteiger partial charge on any atom is 0.271 e. The average Bonchev–Trinajstić information content (AvgIpc) is 3.19. The zero-order valence-electron chi connectivity index (χ0n) is 19.3. The zero-order valence-corrected chi connectivity index (χ0v) is 19.3. The second-order valence-corrected chi connectivity index (χ2v) is 7.95. The summed E-state index contributed by atoms with van der Waals surface area (Å²) in [7, 11) is 0. The van der Waals surface area contributed by atoms with Gasteiger partial charge in [-0.25, -0.2) is 9.36 Å². The molecule has 1 N–H and O–H groups in total. The summed E-state index contributed by atoms with van der Waals surface area (Å²) >= 11 is 0. The molecule has 4 rings (SSSR count). The van der Waals surface area contributed by atoms with Crippen LogP contribution >= 0.6 is 0 Å². The minimum Gasteiger partial charge on any atom is -0.492 e. The van der Waals surface area contributed by atoms with Crippen LogP contribution in [0.1, 0.15) is 27.4 Å². The van der Waals surface area contributed by atoms with Crippen molar-refractivity contribution in [1.29, 1.82) is 0 Å². The molecular weight excluding hydrogens is 430 g/mol. The van der Waals surface area contributed by atoms with Crippen LogP contribution in [-0.4, -0.2) is 38.6 Å². The number of rotatable bonds is 9. The molecule has 34 heavy (non-hydrogen) atoms. The van der Waals surface area contributed by atoms with E-state index in [-0.39, 0.29) is 30.3 Å². The van der Waals surface area contributed by atoms with Crippen LogP contribution in [0.15, 0.2) is 77.6 Å². The van der Waals surface area contributed by atoms with Crippen molar-refractivity contribution in [3.05, 3.63) is 106 Å².